The maximum absolute atomic E-state index is 5.53. The second-order valence-electron chi connectivity index (χ2n) is 2.73. The van der Waals surface area contributed by atoms with E-state index in [1.807, 2.05) is 24.3 Å². The van der Waals surface area contributed by atoms with Gasteiger partial charge in [0.05, 0.1) is 0 Å². The van der Waals surface area contributed by atoms with Gasteiger partial charge in [0, 0.05) is 9.64 Å². The highest BCUT2D eigenvalue weighted by molar-refractivity contribution is 14.1. The van der Waals surface area contributed by atoms with Gasteiger partial charge in [0.25, 0.3) is 0 Å². The Morgan fingerprint density at radius 2 is 1.87 bits per heavy atom. The van der Waals surface area contributed by atoms with Crippen molar-refractivity contribution in [1.82, 2.24) is 9.97 Å². The van der Waals surface area contributed by atoms with Crippen LogP contribution < -0.4 is 4.74 Å². The van der Waals surface area contributed by atoms with Crippen LogP contribution in [-0.4, -0.2) is 9.97 Å². The second kappa shape index (κ2) is 4.89. The quantitative estimate of drug-likeness (QED) is 0.593. The Bertz CT molecular complexity index is 461. The van der Waals surface area contributed by atoms with E-state index in [1.54, 1.807) is 6.07 Å². The Morgan fingerprint density at radius 3 is 2.53 bits per heavy atom. The molecule has 0 radical (unpaired) electrons. The van der Waals surface area contributed by atoms with Gasteiger partial charge in [-0.1, -0.05) is 0 Å². The molecule has 15 heavy (non-hydrogen) atoms. The van der Waals surface area contributed by atoms with Crippen LogP contribution in [0.25, 0.3) is 0 Å². The van der Waals surface area contributed by atoms with Crippen molar-refractivity contribution in [3.8, 4) is 11.6 Å². The molecule has 0 saturated carbocycles. The summed E-state index contributed by atoms with van der Waals surface area (Å²) in [5.74, 6) is 1.29. The first-order valence-corrected chi connectivity index (χ1v) is 6.02. The molecule has 76 valence electrons. The maximum Gasteiger partial charge on any atom is 0.223 e. The highest BCUT2D eigenvalue weighted by Crippen LogP contribution is 2.21. The van der Waals surface area contributed by atoms with Crippen LogP contribution in [-0.2, 0) is 0 Å². The second-order valence-corrected chi connectivity index (χ2v) is 4.79. The maximum atomic E-state index is 5.53. The predicted molar refractivity (Wildman–Crippen MR) is 69.0 cm³/mol. The van der Waals surface area contributed by atoms with Crippen molar-refractivity contribution in [2.75, 3.05) is 0 Å². The van der Waals surface area contributed by atoms with Gasteiger partial charge in [-0.05, 0) is 62.8 Å². The number of ether oxygens (including phenoxy) is 1. The first-order chi connectivity index (χ1) is 7.24. The Kier molecular flexibility index (Phi) is 3.53. The molecule has 0 atom stereocenters. The van der Waals surface area contributed by atoms with E-state index >= 15 is 0 Å². The molecule has 2 rings (SSSR count). The van der Waals surface area contributed by atoms with Crippen LogP contribution in [0.3, 0.4) is 0 Å². The molecule has 1 aromatic heterocycles. The fourth-order valence-corrected chi connectivity index (χ4v) is 1.64. The van der Waals surface area contributed by atoms with Gasteiger partial charge in [0.1, 0.15) is 16.7 Å². The van der Waals surface area contributed by atoms with E-state index in [4.69, 9.17) is 4.74 Å². The first-order valence-electron chi connectivity index (χ1n) is 4.15. The summed E-state index contributed by atoms with van der Waals surface area (Å²) < 4.78 is 7.41. The topological polar surface area (TPSA) is 35.0 Å². The van der Waals surface area contributed by atoms with Crippen LogP contribution in [0.1, 0.15) is 0 Å². The molecule has 0 fully saturated rings. The summed E-state index contributed by atoms with van der Waals surface area (Å²) in [6, 6.07) is 9.48. The number of hydrogen-bond acceptors (Lipinski definition) is 3. The number of aromatic nitrogens is 2. The third-order valence-corrected chi connectivity index (χ3v) is 2.80. The highest BCUT2D eigenvalue weighted by atomic mass is 127. The zero-order chi connectivity index (χ0) is 10.7. The summed E-state index contributed by atoms with van der Waals surface area (Å²) in [5, 5.41) is 0. The SMILES string of the molecule is Brc1cc(Oc2ccc(I)cc2)ncn1. The van der Waals surface area contributed by atoms with Gasteiger partial charge < -0.3 is 4.74 Å². The van der Waals surface area contributed by atoms with E-state index in [0.717, 1.165) is 5.75 Å². The van der Waals surface area contributed by atoms with Gasteiger partial charge in [-0.3, -0.25) is 0 Å². The van der Waals surface area contributed by atoms with Crippen LogP contribution >= 0.6 is 38.5 Å². The third kappa shape index (κ3) is 3.13. The average Bonchev–Trinajstić information content (AvgIpc) is 2.22. The molecule has 0 saturated heterocycles. The minimum atomic E-state index is 0.526. The Hall–Kier alpha value is -0.690. The van der Waals surface area contributed by atoms with Crippen LogP contribution in [0.5, 0.6) is 11.6 Å². The van der Waals surface area contributed by atoms with Crippen molar-refractivity contribution >= 4 is 38.5 Å². The molecule has 0 bridgehead atoms. The minimum absolute atomic E-state index is 0.526. The van der Waals surface area contributed by atoms with E-state index in [-0.39, 0.29) is 0 Å². The van der Waals surface area contributed by atoms with Gasteiger partial charge in [0.15, 0.2) is 0 Å². The molecular formula is C10H6BrIN2O. The van der Waals surface area contributed by atoms with Crippen LogP contribution in [0.15, 0.2) is 41.3 Å². The van der Waals surface area contributed by atoms with Crippen LogP contribution in [0, 0.1) is 3.57 Å². The molecule has 3 nitrogen and oxygen atoms in total. The first kappa shape index (κ1) is 10.8. The van der Waals surface area contributed by atoms with Crippen LogP contribution in [0.4, 0.5) is 0 Å². The average molecular weight is 377 g/mol. The molecule has 0 N–H and O–H groups in total. The standard InChI is InChI=1S/C10H6BrIN2O/c11-9-5-10(14-6-13-9)15-8-3-1-7(12)2-4-8/h1-6H. The lowest BCUT2D eigenvalue weighted by molar-refractivity contribution is 0.461. The Labute approximate surface area is 109 Å². The van der Waals surface area contributed by atoms with Crippen molar-refractivity contribution in [3.63, 3.8) is 0 Å². The minimum Gasteiger partial charge on any atom is -0.439 e. The summed E-state index contributed by atoms with van der Waals surface area (Å²) in [5.41, 5.74) is 0. The number of halogens is 2. The van der Waals surface area contributed by atoms with Gasteiger partial charge in [-0.2, -0.15) is 0 Å². The molecule has 0 amide bonds. The molecule has 5 heteroatoms. The molecule has 0 spiro atoms. The summed E-state index contributed by atoms with van der Waals surface area (Å²) in [7, 11) is 0. The molecule has 0 unspecified atom stereocenters. The summed E-state index contributed by atoms with van der Waals surface area (Å²) >= 11 is 5.50. The van der Waals surface area contributed by atoms with E-state index in [9.17, 15) is 0 Å². The monoisotopic (exact) mass is 376 g/mol. The Morgan fingerprint density at radius 1 is 1.13 bits per heavy atom. The zero-order valence-electron chi connectivity index (χ0n) is 7.52. The van der Waals surface area contributed by atoms with Gasteiger partial charge >= 0.3 is 0 Å². The van der Waals surface area contributed by atoms with E-state index in [1.165, 1.54) is 9.90 Å². The number of nitrogens with zero attached hydrogens (tertiary/aromatic N) is 2. The zero-order valence-corrected chi connectivity index (χ0v) is 11.3. The molecule has 0 aliphatic carbocycles. The number of benzene rings is 1. The van der Waals surface area contributed by atoms with Crippen molar-refractivity contribution in [2.45, 2.75) is 0 Å². The van der Waals surface area contributed by atoms with E-state index in [2.05, 4.69) is 48.5 Å². The normalized spacial score (nSPS) is 10.0. The van der Waals surface area contributed by atoms with E-state index in [0.29, 0.717) is 10.5 Å². The summed E-state index contributed by atoms with van der Waals surface area (Å²) in [6.45, 7) is 0. The van der Waals surface area contributed by atoms with Gasteiger partial charge in [0.2, 0.25) is 5.88 Å². The smallest absolute Gasteiger partial charge is 0.223 e. The van der Waals surface area contributed by atoms with Crippen molar-refractivity contribution < 1.29 is 4.74 Å². The van der Waals surface area contributed by atoms with Gasteiger partial charge in [-0.25, -0.2) is 9.97 Å². The van der Waals surface area contributed by atoms with Crippen LogP contribution in [0.2, 0.25) is 0 Å². The molecule has 0 aliphatic heterocycles. The fourth-order valence-electron chi connectivity index (χ4n) is 0.997. The van der Waals surface area contributed by atoms with E-state index < -0.39 is 0 Å². The molecule has 0 aliphatic rings. The number of hydrogen-bond donors (Lipinski definition) is 0. The molecule has 1 aromatic carbocycles. The summed E-state index contributed by atoms with van der Waals surface area (Å²) in [4.78, 5) is 7.91. The predicted octanol–water partition coefficient (Wildman–Crippen LogP) is 3.64. The molecule has 2 aromatic rings. The van der Waals surface area contributed by atoms with Crippen molar-refractivity contribution in [3.05, 3.63) is 44.8 Å². The molecular weight excluding hydrogens is 371 g/mol. The van der Waals surface area contributed by atoms with Crippen molar-refractivity contribution in [1.29, 1.82) is 0 Å². The largest absolute Gasteiger partial charge is 0.439 e. The molecule has 1 heterocycles. The van der Waals surface area contributed by atoms with Gasteiger partial charge in [-0.15, -0.1) is 0 Å². The summed E-state index contributed by atoms with van der Waals surface area (Å²) in [6.07, 6.45) is 1.45. The fraction of sp³-hybridized carbons (Fsp3) is 0. The lowest BCUT2D eigenvalue weighted by atomic mass is 10.3. The number of rotatable bonds is 2. The van der Waals surface area contributed by atoms with Crippen molar-refractivity contribution in [2.24, 2.45) is 0 Å². The lowest BCUT2D eigenvalue weighted by Gasteiger charge is -2.03. The lowest BCUT2D eigenvalue weighted by Crippen LogP contribution is -1.88. The third-order valence-electron chi connectivity index (χ3n) is 1.64. The highest BCUT2D eigenvalue weighted by Gasteiger charge is 1.99. The Balaban J connectivity index is 2.18.